The van der Waals surface area contributed by atoms with E-state index in [1.165, 1.54) is 5.56 Å². The summed E-state index contributed by atoms with van der Waals surface area (Å²) in [6.07, 6.45) is 1.09. The van der Waals surface area contributed by atoms with Gasteiger partial charge in [0.05, 0.1) is 0 Å². The van der Waals surface area contributed by atoms with Crippen LogP contribution < -0.4 is 0 Å². The molecule has 1 nitrogen and oxygen atoms in total. The minimum Gasteiger partial charge on any atom is -0.295 e. The fourth-order valence-electron chi connectivity index (χ4n) is 1.41. The normalized spacial score (nSPS) is 13.2. The van der Waals surface area contributed by atoms with Crippen LogP contribution in [0, 0.1) is 6.54 Å². The van der Waals surface area contributed by atoms with E-state index in [1.54, 1.807) is 0 Å². The van der Waals surface area contributed by atoms with Crippen LogP contribution in [0.4, 0.5) is 0 Å². The molecule has 1 atom stereocenters. The van der Waals surface area contributed by atoms with Gasteiger partial charge in [-0.3, -0.25) is 4.90 Å². The third kappa shape index (κ3) is 2.85. The number of hydrogen-bond donors (Lipinski definition) is 0. The lowest BCUT2D eigenvalue weighted by molar-refractivity contribution is 0.313. The Kier molecular flexibility index (Phi) is 3.97. The number of hydrogen-bond acceptors (Lipinski definition) is 1. The largest absolute Gasteiger partial charge is 0.295 e. The molecule has 0 aliphatic carbocycles. The second kappa shape index (κ2) is 5.03. The molecule has 0 spiro atoms. The van der Waals surface area contributed by atoms with Crippen molar-refractivity contribution in [2.45, 2.75) is 26.3 Å². The Morgan fingerprint density at radius 3 is 2.46 bits per heavy atom. The van der Waals surface area contributed by atoms with Gasteiger partial charge in [0.1, 0.15) is 0 Å². The Morgan fingerprint density at radius 2 is 1.92 bits per heavy atom. The standard InChI is InChI=1S/C12H18N/c1-4-10-13(3)11(2)12-8-6-5-7-9-12/h5-11H,4H2,1-3H3. The average molecular weight is 176 g/mol. The van der Waals surface area contributed by atoms with Gasteiger partial charge in [0.15, 0.2) is 0 Å². The van der Waals surface area contributed by atoms with Crippen molar-refractivity contribution in [3.63, 3.8) is 0 Å². The summed E-state index contributed by atoms with van der Waals surface area (Å²) in [5.74, 6) is 0. The van der Waals surface area contributed by atoms with Crippen LogP contribution in [0.5, 0.6) is 0 Å². The van der Waals surface area contributed by atoms with Crippen LogP contribution in [0.3, 0.4) is 0 Å². The first-order valence-corrected chi connectivity index (χ1v) is 4.86. The maximum absolute atomic E-state index is 2.26. The van der Waals surface area contributed by atoms with E-state index in [1.807, 2.05) is 0 Å². The van der Waals surface area contributed by atoms with Crippen molar-refractivity contribution in [3.05, 3.63) is 42.4 Å². The molecule has 0 aliphatic heterocycles. The van der Waals surface area contributed by atoms with Gasteiger partial charge in [0, 0.05) is 12.6 Å². The van der Waals surface area contributed by atoms with Gasteiger partial charge in [-0.1, -0.05) is 37.3 Å². The topological polar surface area (TPSA) is 3.24 Å². The molecule has 0 aliphatic rings. The summed E-state index contributed by atoms with van der Waals surface area (Å²) in [6, 6.07) is 11.0. The summed E-state index contributed by atoms with van der Waals surface area (Å²) in [7, 11) is 2.13. The quantitative estimate of drug-likeness (QED) is 0.680. The zero-order valence-electron chi connectivity index (χ0n) is 8.70. The minimum absolute atomic E-state index is 0.473. The van der Waals surface area contributed by atoms with Crippen molar-refractivity contribution in [2.24, 2.45) is 0 Å². The maximum atomic E-state index is 2.26. The van der Waals surface area contributed by atoms with Crippen LogP contribution in [0.2, 0.25) is 0 Å². The summed E-state index contributed by atoms with van der Waals surface area (Å²) in [6.45, 7) is 6.60. The molecule has 1 rings (SSSR count). The number of nitrogens with zero attached hydrogens (tertiary/aromatic N) is 1. The summed E-state index contributed by atoms with van der Waals surface area (Å²) in [5.41, 5.74) is 1.37. The highest BCUT2D eigenvalue weighted by atomic mass is 15.1. The van der Waals surface area contributed by atoms with Crippen molar-refractivity contribution < 1.29 is 0 Å². The molecule has 0 N–H and O–H groups in total. The summed E-state index contributed by atoms with van der Waals surface area (Å²) < 4.78 is 0. The predicted molar refractivity (Wildman–Crippen MR) is 57.2 cm³/mol. The lowest BCUT2D eigenvalue weighted by Crippen LogP contribution is -2.18. The van der Waals surface area contributed by atoms with Crippen LogP contribution in [-0.2, 0) is 0 Å². The van der Waals surface area contributed by atoms with E-state index in [2.05, 4.69) is 62.7 Å². The van der Waals surface area contributed by atoms with Crippen molar-refractivity contribution in [1.29, 1.82) is 0 Å². The highest BCUT2D eigenvalue weighted by Gasteiger charge is 2.09. The van der Waals surface area contributed by atoms with Gasteiger partial charge in [-0.2, -0.15) is 0 Å². The zero-order valence-corrected chi connectivity index (χ0v) is 8.70. The first kappa shape index (κ1) is 10.3. The van der Waals surface area contributed by atoms with E-state index in [0.29, 0.717) is 6.04 Å². The Labute approximate surface area is 81.4 Å². The van der Waals surface area contributed by atoms with E-state index >= 15 is 0 Å². The first-order valence-electron chi connectivity index (χ1n) is 4.86. The molecule has 0 amide bonds. The Bertz CT molecular complexity index is 230. The van der Waals surface area contributed by atoms with Gasteiger partial charge < -0.3 is 0 Å². The smallest absolute Gasteiger partial charge is 0.0320 e. The van der Waals surface area contributed by atoms with Crippen LogP contribution in [0.25, 0.3) is 0 Å². The molecule has 0 heterocycles. The molecule has 0 saturated heterocycles. The van der Waals surface area contributed by atoms with Gasteiger partial charge >= 0.3 is 0 Å². The van der Waals surface area contributed by atoms with E-state index in [-0.39, 0.29) is 0 Å². The Hall–Kier alpha value is -0.820. The van der Waals surface area contributed by atoms with E-state index < -0.39 is 0 Å². The maximum Gasteiger partial charge on any atom is 0.0320 e. The van der Waals surface area contributed by atoms with Gasteiger partial charge in [-0.25, -0.2) is 0 Å². The third-order valence-electron chi connectivity index (χ3n) is 2.36. The van der Waals surface area contributed by atoms with Gasteiger partial charge in [0.25, 0.3) is 0 Å². The van der Waals surface area contributed by atoms with E-state index in [0.717, 1.165) is 6.42 Å². The van der Waals surface area contributed by atoms with Crippen LogP contribution in [0.15, 0.2) is 30.3 Å². The molecule has 0 fully saturated rings. The lowest BCUT2D eigenvalue weighted by Gasteiger charge is -2.23. The predicted octanol–water partition coefficient (Wildman–Crippen LogP) is 3.25. The molecular formula is C12H18N. The zero-order chi connectivity index (χ0) is 9.68. The Morgan fingerprint density at radius 1 is 1.31 bits per heavy atom. The highest BCUT2D eigenvalue weighted by molar-refractivity contribution is 5.18. The van der Waals surface area contributed by atoms with Crippen molar-refractivity contribution in [1.82, 2.24) is 4.90 Å². The van der Waals surface area contributed by atoms with Crippen molar-refractivity contribution in [3.8, 4) is 0 Å². The molecule has 1 aromatic rings. The molecule has 1 aromatic carbocycles. The van der Waals surface area contributed by atoms with Crippen molar-refractivity contribution in [2.75, 3.05) is 7.05 Å². The van der Waals surface area contributed by atoms with Gasteiger partial charge in [-0.05, 0) is 26.0 Å². The number of rotatable bonds is 4. The van der Waals surface area contributed by atoms with E-state index in [4.69, 9.17) is 0 Å². The molecule has 1 radical (unpaired) electrons. The fourth-order valence-corrected chi connectivity index (χ4v) is 1.41. The molecule has 71 valence electrons. The monoisotopic (exact) mass is 176 g/mol. The van der Waals surface area contributed by atoms with Crippen LogP contribution >= 0.6 is 0 Å². The molecule has 0 bridgehead atoms. The summed E-state index contributed by atoms with van der Waals surface area (Å²) in [5, 5.41) is 0. The average Bonchev–Trinajstić information content (AvgIpc) is 2.18. The summed E-state index contributed by atoms with van der Waals surface area (Å²) in [4.78, 5) is 2.26. The fraction of sp³-hybridized carbons (Fsp3) is 0.417. The second-order valence-corrected chi connectivity index (χ2v) is 3.34. The molecule has 1 heteroatoms. The highest BCUT2D eigenvalue weighted by Crippen LogP contribution is 2.19. The molecular weight excluding hydrogens is 158 g/mol. The lowest BCUT2D eigenvalue weighted by atomic mass is 10.1. The minimum atomic E-state index is 0.473. The van der Waals surface area contributed by atoms with E-state index in [9.17, 15) is 0 Å². The van der Waals surface area contributed by atoms with Gasteiger partial charge in [-0.15, -0.1) is 0 Å². The SMILES string of the molecule is CC[CH]N(C)C(C)c1ccccc1. The van der Waals surface area contributed by atoms with Crippen LogP contribution in [-0.4, -0.2) is 11.9 Å². The van der Waals surface area contributed by atoms with Gasteiger partial charge in [0.2, 0.25) is 0 Å². The summed E-state index contributed by atoms with van der Waals surface area (Å²) >= 11 is 0. The first-order chi connectivity index (χ1) is 6.25. The molecule has 1 unspecified atom stereocenters. The van der Waals surface area contributed by atoms with Crippen molar-refractivity contribution >= 4 is 0 Å². The molecule has 13 heavy (non-hydrogen) atoms. The molecule has 0 aromatic heterocycles. The third-order valence-corrected chi connectivity index (χ3v) is 2.36. The van der Waals surface area contributed by atoms with Crippen LogP contribution in [0.1, 0.15) is 31.9 Å². The Balaban J connectivity index is 2.62. The second-order valence-electron chi connectivity index (χ2n) is 3.34. The molecule has 0 saturated carbocycles. The number of benzene rings is 1.